The standard InChI is InChI=1S/C14H16N2/c1-10-5-4-6-11(2)14(10)16-13-7-8-15-9-12(13)3/h4-9H,1-3H3,(H,15,16). The quantitative estimate of drug-likeness (QED) is 0.820. The predicted molar refractivity (Wildman–Crippen MR) is 68.2 cm³/mol. The van der Waals surface area contributed by atoms with Crippen LogP contribution in [0.2, 0.25) is 0 Å². The van der Waals surface area contributed by atoms with Gasteiger partial charge in [0.1, 0.15) is 0 Å². The zero-order valence-electron chi connectivity index (χ0n) is 9.91. The molecule has 2 rings (SSSR count). The molecule has 16 heavy (non-hydrogen) atoms. The van der Waals surface area contributed by atoms with Crippen molar-refractivity contribution >= 4 is 11.4 Å². The average Bonchev–Trinajstić information content (AvgIpc) is 2.26. The van der Waals surface area contributed by atoms with E-state index in [1.165, 1.54) is 16.8 Å². The lowest BCUT2D eigenvalue weighted by atomic mass is 10.1. The number of aryl methyl sites for hydroxylation is 3. The lowest BCUT2D eigenvalue weighted by molar-refractivity contribution is 1.26. The van der Waals surface area contributed by atoms with Gasteiger partial charge < -0.3 is 5.32 Å². The Kier molecular flexibility index (Phi) is 2.91. The summed E-state index contributed by atoms with van der Waals surface area (Å²) in [6, 6.07) is 8.31. The molecule has 1 aromatic carbocycles. The molecular weight excluding hydrogens is 196 g/mol. The van der Waals surface area contributed by atoms with Gasteiger partial charge in [0.15, 0.2) is 0 Å². The maximum Gasteiger partial charge on any atom is 0.0444 e. The van der Waals surface area contributed by atoms with Crippen molar-refractivity contribution in [2.75, 3.05) is 5.32 Å². The van der Waals surface area contributed by atoms with Crippen LogP contribution in [0, 0.1) is 20.8 Å². The van der Waals surface area contributed by atoms with Gasteiger partial charge in [-0.15, -0.1) is 0 Å². The number of nitrogens with zero attached hydrogens (tertiary/aromatic N) is 1. The number of pyridine rings is 1. The molecule has 0 fully saturated rings. The van der Waals surface area contributed by atoms with Crippen molar-refractivity contribution in [1.82, 2.24) is 4.98 Å². The molecule has 2 aromatic rings. The number of hydrogen-bond acceptors (Lipinski definition) is 2. The molecule has 0 saturated carbocycles. The van der Waals surface area contributed by atoms with Crippen molar-refractivity contribution in [1.29, 1.82) is 0 Å². The van der Waals surface area contributed by atoms with Crippen molar-refractivity contribution in [2.24, 2.45) is 0 Å². The van der Waals surface area contributed by atoms with Crippen LogP contribution in [0.3, 0.4) is 0 Å². The van der Waals surface area contributed by atoms with E-state index in [0.717, 1.165) is 11.3 Å². The zero-order chi connectivity index (χ0) is 11.5. The van der Waals surface area contributed by atoms with Crippen LogP contribution in [0.1, 0.15) is 16.7 Å². The normalized spacial score (nSPS) is 10.2. The van der Waals surface area contributed by atoms with Crippen LogP contribution in [-0.2, 0) is 0 Å². The monoisotopic (exact) mass is 212 g/mol. The van der Waals surface area contributed by atoms with Gasteiger partial charge in [0.05, 0.1) is 0 Å². The van der Waals surface area contributed by atoms with Crippen LogP contribution < -0.4 is 5.32 Å². The zero-order valence-corrected chi connectivity index (χ0v) is 9.91. The van der Waals surface area contributed by atoms with E-state index in [4.69, 9.17) is 0 Å². The third-order valence-electron chi connectivity index (χ3n) is 2.76. The summed E-state index contributed by atoms with van der Waals surface area (Å²) in [5.74, 6) is 0. The molecule has 1 aromatic heterocycles. The Balaban J connectivity index is 2.38. The topological polar surface area (TPSA) is 24.9 Å². The van der Waals surface area contributed by atoms with Crippen LogP contribution in [0.5, 0.6) is 0 Å². The second-order valence-electron chi connectivity index (χ2n) is 4.08. The number of benzene rings is 1. The van der Waals surface area contributed by atoms with Gasteiger partial charge in [-0.3, -0.25) is 4.98 Å². The molecule has 0 amide bonds. The number of aromatic nitrogens is 1. The Morgan fingerprint density at radius 3 is 2.25 bits per heavy atom. The molecule has 0 saturated heterocycles. The lowest BCUT2D eigenvalue weighted by Gasteiger charge is -2.13. The smallest absolute Gasteiger partial charge is 0.0444 e. The highest BCUT2D eigenvalue weighted by atomic mass is 14.9. The predicted octanol–water partition coefficient (Wildman–Crippen LogP) is 3.75. The van der Waals surface area contributed by atoms with Crippen molar-refractivity contribution in [3.8, 4) is 0 Å². The molecule has 0 unspecified atom stereocenters. The van der Waals surface area contributed by atoms with Gasteiger partial charge in [0.25, 0.3) is 0 Å². The van der Waals surface area contributed by atoms with Crippen molar-refractivity contribution in [2.45, 2.75) is 20.8 Å². The maximum absolute atomic E-state index is 4.09. The summed E-state index contributed by atoms with van der Waals surface area (Å²) in [5, 5.41) is 3.47. The fourth-order valence-corrected chi connectivity index (χ4v) is 1.76. The highest BCUT2D eigenvalue weighted by Crippen LogP contribution is 2.25. The molecule has 2 nitrogen and oxygen atoms in total. The molecule has 0 aliphatic carbocycles. The minimum atomic E-state index is 1.12. The third kappa shape index (κ3) is 2.06. The Bertz CT molecular complexity index is 484. The highest BCUT2D eigenvalue weighted by molar-refractivity contribution is 5.68. The van der Waals surface area contributed by atoms with E-state index in [1.54, 1.807) is 0 Å². The fourth-order valence-electron chi connectivity index (χ4n) is 1.76. The summed E-state index contributed by atoms with van der Waals surface area (Å²) >= 11 is 0. The van der Waals surface area contributed by atoms with Gasteiger partial charge in [0, 0.05) is 23.8 Å². The van der Waals surface area contributed by atoms with E-state index < -0.39 is 0 Å². The van der Waals surface area contributed by atoms with Crippen LogP contribution in [-0.4, -0.2) is 4.98 Å². The number of anilines is 2. The summed E-state index contributed by atoms with van der Waals surface area (Å²) in [6.07, 6.45) is 3.68. The summed E-state index contributed by atoms with van der Waals surface area (Å²) in [4.78, 5) is 4.09. The Hall–Kier alpha value is -1.83. The summed E-state index contributed by atoms with van der Waals surface area (Å²) in [6.45, 7) is 6.29. The molecule has 2 heteroatoms. The molecule has 0 radical (unpaired) electrons. The van der Waals surface area contributed by atoms with E-state index >= 15 is 0 Å². The lowest BCUT2D eigenvalue weighted by Crippen LogP contribution is -1.97. The average molecular weight is 212 g/mol. The number of hydrogen-bond donors (Lipinski definition) is 1. The minimum Gasteiger partial charge on any atom is -0.355 e. The van der Waals surface area contributed by atoms with E-state index in [2.05, 4.69) is 49.3 Å². The van der Waals surface area contributed by atoms with E-state index in [9.17, 15) is 0 Å². The SMILES string of the molecule is Cc1cnccc1Nc1c(C)cccc1C. The fraction of sp³-hybridized carbons (Fsp3) is 0.214. The van der Waals surface area contributed by atoms with Gasteiger partial charge in [-0.05, 0) is 43.5 Å². The Morgan fingerprint density at radius 2 is 1.62 bits per heavy atom. The van der Waals surface area contributed by atoms with Gasteiger partial charge in [-0.1, -0.05) is 18.2 Å². The molecule has 82 valence electrons. The highest BCUT2D eigenvalue weighted by Gasteiger charge is 2.03. The Labute approximate surface area is 96.4 Å². The first kappa shape index (κ1) is 10.7. The van der Waals surface area contributed by atoms with Crippen LogP contribution in [0.15, 0.2) is 36.7 Å². The number of para-hydroxylation sites is 1. The second kappa shape index (κ2) is 4.35. The van der Waals surface area contributed by atoms with Crippen LogP contribution in [0.25, 0.3) is 0 Å². The number of rotatable bonds is 2. The molecule has 1 heterocycles. The minimum absolute atomic E-state index is 1.12. The van der Waals surface area contributed by atoms with E-state index in [-0.39, 0.29) is 0 Å². The van der Waals surface area contributed by atoms with Crippen molar-refractivity contribution in [3.63, 3.8) is 0 Å². The van der Waals surface area contributed by atoms with Crippen molar-refractivity contribution in [3.05, 3.63) is 53.3 Å². The van der Waals surface area contributed by atoms with Crippen molar-refractivity contribution < 1.29 is 0 Å². The summed E-state index contributed by atoms with van der Waals surface area (Å²) in [7, 11) is 0. The molecule has 0 atom stereocenters. The Morgan fingerprint density at radius 1 is 0.938 bits per heavy atom. The van der Waals surface area contributed by atoms with Gasteiger partial charge in [0.2, 0.25) is 0 Å². The molecule has 0 aliphatic heterocycles. The van der Waals surface area contributed by atoms with E-state index in [1.807, 2.05) is 18.5 Å². The molecule has 0 aliphatic rings. The van der Waals surface area contributed by atoms with Gasteiger partial charge in [-0.2, -0.15) is 0 Å². The first-order valence-corrected chi connectivity index (χ1v) is 5.42. The molecule has 0 bridgehead atoms. The second-order valence-corrected chi connectivity index (χ2v) is 4.08. The first-order valence-electron chi connectivity index (χ1n) is 5.42. The molecule has 0 spiro atoms. The largest absolute Gasteiger partial charge is 0.355 e. The molecular formula is C14H16N2. The van der Waals surface area contributed by atoms with Gasteiger partial charge in [-0.25, -0.2) is 0 Å². The number of nitrogens with one attached hydrogen (secondary N) is 1. The van der Waals surface area contributed by atoms with Gasteiger partial charge >= 0.3 is 0 Å². The van der Waals surface area contributed by atoms with Crippen LogP contribution in [0.4, 0.5) is 11.4 Å². The molecule has 1 N–H and O–H groups in total. The summed E-state index contributed by atoms with van der Waals surface area (Å²) < 4.78 is 0. The summed E-state index contributed by atoms with van der Waals surface area (Å²) in [5.41, 5.74) is 5.99. The first-order chi connectivity index (χ1) is 7.68. The maximum atomic E-state index is 4.09. The van der Waals surface area contributed by atoms with E-state index in [0.29, 0.717) is 0 Å². The van der Waals surface area contributed by atoms with Crippen LogP contribution >= 0.6 is 0 Å². The third-order valence-corrected chi connectivity index (χ3v) is 2.76.